The van der Waals surface area contributed by atoms with Crippen LogP contribution in [0.3, 0.4) is 0 Å². The molecule has 1 aliphatic carbocycles. The Balaban J connectivity index is 2.14. The molecule has 0 atom stereocenters. The summed E-state index contributed by atoms with van der Waals surface area (Å²) in [5.74, 6) is -1.04. The van der Waals surface area contributed by atoms with Gasteiger partial charge in [0, 0.05) is 18.1 Å². The van der Waals surface area contributed by atoms with Crippen LogP contribution in [0.2, 0.25) is 5.15 Å². The zero-order valence-corrected chi connectivity index (χ0v) is 11.4. The molecule has 0 saturated heterocycles. The van der Waals surface area contributed by atoms with E-state index in [1.54, 1.807) is 6.07 Å². The highest BCUT2D eigenvalue weighted by Crippen LogP contribution is 2.43. The first-order chi connectivity index (χ1) is 9.99. The molecule has 8 heteroatoms. The standard InChI is InChI=1S/C13H10ClN3O4/c14-12-10(13(18)19)11(7-4-5-7)15-16(12)8-2-1-3-9(6-8)17(20)21/h1-3,6-7H,4-5H2,(H,18,19). The number of hydrogen-bond acceptors (Lipinski definition) is 4. The average Bonchev–Trinajstić information content (AvgIpc) is 3.22. The van der Waals surface area contributed by atoms with Gasteiger partial charge in [0.2, 0.25) is 0 Å². The van der Waals surface area contributed by atoms with Gasteiger partial charge in [0.25, 0.3) is 5.69 Å². The number of carbonyl (C=O) groups is 1. The predicted octanol–water partition coefficient (Wildman–Crippen LogP) is 3.01. The number of halogens is 1. The smallest absolute Gasteiger partial charge is 0.340 e. The fourth-order valence-electron chi connectivity index (χ4n) is 2.16. The number of carboxylic acid groups (broad SMARTS) is 1. The molecule has 1 saturated carbocycles. The Morgan fingerprint density at radius 2 is 2.19 bits per heavy atom. The number of aromatic carboxylic acids is 1. The number of benzene rings is 1. The van der Waals surface area contributed by atoms with Crippen LogP contribution in [-0.4, -0.2) is 25.8 Å². The van der Waals surface area contributed by atoms with Crippen molar-refractivity contribution in [2.24, 2.45) is 0 Å². The molecule has 0 unspecified atom stereocenters. The van der Waals surface area contributed by atoms with Crippen molar-refractivity contribution in [1.82, 2.24) is 9.78 Å². The third-order valence-corrected chi connectivity index (χ3v) is 3.67. The molecule has 1 fully saturated rings. The minimum atomic E-state index is -1.14. The van der Waals surface area contributed by atoms with Crippen LogP contribution in [0.5, 0.6) is 0 Å². The van der Waals surface area contributed by atoms with Crippen LogP contribution in [0.15, 0.2) is 24.3 Å². The summed E-state index contributed by atoms with van der Waals surface area (Å²) >= 11 is 6.11. The molecule has 3 rings (SSSR count). The molecule has 0 bridgehead atoms. The normalized spacial score (nSPS) is 14.1. The summed E-state index contributed by atoms with van der Waals surface area (Å²) in [4.78, 5) is 21.6. The minimum absolute atomic E-state index is 0.0225. The highest BCUT2D eigenvalue weighted by Gasteiger charge is 2.34. The van der Waals surface area contributed by atoms with E-state index < -0.39 is 10.9 Å². The van der Waals surface area contributed by atoms with Gasteiger partial charge in [0.15, 0.2) is 0 Å². The number of nitro groups is 1. The molecule has 7 nitrogen and oxygen atoms in total. The van der Waals surface area contributed by atoms with Gasteiger partial charge in [-0.1, -0.05) is 17.7 Å². The second-order valence-corrected chi connectivity index (χ2v) is 5.18. The maximum absolute atomic E-state index is 11.3. The number of nitrogens with zero attached hydrogens (tertiary/aromatic N) is 3. The molecule has 0 spiro atoms. The predicted molar refractivity (Wildman–Crippen MR) is 74.2 cm³/mol. The summed E-state index contributed by atoms with van der Waals surface area (Å²) in [6.07, 6.45) is 1.76. The Morgan fingerprint density at radius 3 is 2.76 bits per heavy atom. The monoisotopic (exact) mass is 307 g/mol. The zero-order chi connectivity index (χ0) is 15.1. The second kappa shape index (κ2) is 4.85. The Hall–Kier alpha value is -2.41. The van der Waals surface area contributed by atoms with E-state index in [0.717, 1.165) is 12.8 Å². The van der Waals surface area contributed by atoms with Gasteiger partial charge < -0.3 is 5.11 Å². The molecule has 2 aromatic rings. The minimum Gasteiger partial charge on any atom is -0.478 e. The van der Waals surface area contributed by atoms with E-state index in [1.807, 2.05) is 0 Å². The van der Waals surface area contributed by atoms with E-state index in [0.29, 0.717) is 11.4 Å². The first-order valence-electron chi connectivity index (χ1n) is 6.25. The van der Waals surface area contributed by atoms with Crippen LogP contribution in [0.25, 0.3) is 5.69 Å². The van der Waals surface area contributed by atoms with Crippen LogP contribution in [0, 0.1) is 10.1 Å². The Labute approximate surface area is 123 Å². The summed E-state index contributed by atoms with van der Waals surface area (Å²) < 4.78 is 1.24. The number of aromatic nitrogens is 2. The Bertz CT molecular complexity index is 752. The van der Waals surface area contributed by atoms with E-state index >= 15 is 0 Å². The van der Waals surface area contributed by atoms with E-state index in [1.165, 1.54) is 22.9 Å². The molecule has 1 aromatic carbocycles. The molecule has 0 aliphatic heterocycles. The molecule has 1 aromatic heterocycles. The zero-order valence-electron chi connectivity index (χ0n) is 10.7. The van der Waals surface area contributed by atoms with E-state index in [9.17, 15) is 20.0 Å². The molecule has 1 N–H and O–H groups in total. The van der Waals surface area contributed by atoms with Gasteiger partial charge in [0.05, 0.1) is 16.3 Å². The summed E-state index contributed by atoms with van der Waals surface area (Å²) in [7, 11) is 0. The average molecular weight is 308 g/mol. The van der Waals surface area contributed by atoms with Crippen molar-refractivity contribution in [2.75, 3.05) is 0 Å². The third kappa shape index (κ3) is 2.36. The van der Waals surface area contributed by atoms with Crippen molar-refractivity contribution in [3.05, 3.63) is 50.8 Å². The molecule has 0 amide bonds. The Morgan fingerprint density at radius 1 is 1.48 bits per heavy atom. The van der Waals surface area contributed by atoms with Gasteiger partial charge in [-0.15, -0.1) is 0 Å². The molecule has 21 heavy (non-hydrogen) atoms. The van der Waals surface area contributed by atoms with Crippen molar-refractivity contribution < 1.29 is 14.8 Å². The number of hydrogen-bond donors (Lipinski definition) is 1. The molecular formula is C13H10ClN3O4. The SMILES string of the molecule is O=C(O)c1c(C2CC2)nn(-c2cccc([N+](=O)[O-])c2)c1Cl. The quantitative estimate of drug-likeness (QED) is 0.691. The number of rotatable bonds is 4. The lowest BCUT2D eigenvalue weighted by Gasteiger charge is -2.02. The van der Waals surface area contributed by atoms with Crippen molar-refractivity contribution in [2.45, 2.75) is 18.8 Å². The number of carboxylic acids is 1. The lowest BCUT2D eigenvalue weighted by Crippen LogP contribution is -2.00. The van der Waals surface area contributed by atoms with Crippen LogP contribution >= 0.6 is 11.6 Å². The molecule has 0 radical (unpaired) electrons. The van der Waals surface area contributed by atoms with Gasteiger partial charge >= 0.3 is 5.97 Å². The van der Waals surface area contributed by atoms with Crippen molar-refractivity contribution in [3.8, 4) is 5.69 Å². The maximum atomic E-state index is 11.3. The lowest BCUT2D eigenvalue weighted by molar-refractivity contribution is -0.384. The molecule has 1 heterocycles. The summed E-state index contributed by atoms with van der Waals surface area (Å²) in [6, 6.07) is 5.75. The molecule has 1 aliphatic rings. The van der Waals surface area contributed by atoms with E-state index in [4.69, 9.17) is 11.6 Å². The molecular weight excluding hydrogens is 298 g/mol. The van der Waals surface area contributed by atoms with Crippen LogP contribution in [0.1, 0.15) is 34.8 Å². The van der Waals surface area contributed by atoms with Gasteiger partial charge in [-0.05, 0) is 18.9 Å². The maximum Gasteiger partial charge on any atom is 0.340 e. The number of nitro benzene ring substituents is 1. The lowest BCUT2D eigenvalue weighted by atomic mass is 10.2. The first-order valence-corrected chi connectivity index (χ1v) is 6.63. The molecule has 108 valence electrons. The highest BCUT2D eigenvalue weighted by molar-refractivity contribution is 6.33. The highest BCUT2D eigenvalue weighted by atomic mass is 35.5. The summed E-state index contributed by atoms with van der Waals surface area (Å²) in [5.41, 5.74) is 0.678. The first kappa shape index (κ1) is 13.6. The van der Waals surface area contributed by atoms with Gasteiger partial charge in [-0.3, -0.25) is 10.1 Å². The van der Waals surface area contributed by atoms with Crippen LogP contribution < -0.4 is 0 Å². The van der Waals surface area contributed by atoms with E-state index in [-0.39, 0.29) is 22.3 Å². The fourth-order valence-corrected chi connectivity index (χ4v) is 2.48. The van der Waals surface area contributed by atoms with Crippen molar-refractivity contribution in [1.29, 1.82) is 0 Å². The van der Waals surface area contributed by atoms with Crippen LogP contribution in [-0.2, 0) is 0 Å². The summed E-state index contributed by atoms with van der Waals surface area (Å²) in [5, 5.41) is 24.3. The summed E-state index contributed by atoms with van der Waals surface area (Å²) in [6.45, 7) is 0. The third-order valence-electron chi connectivity index (χ3n) is 3.32. The second-order valence-electron chi connectivity index (χ2n) is 4.82. The van der Waals surface area contributed by atoms with Crippen LogP contribution in [0.4, 0.5) is 5.69 Å². The topological polar surface area (TPSA) is 98.3 Å². The van der Waals surface area contributed by atoms with Crippen molar-refractivity contribution >= 4 is 23.3 Å². The van der Waals surface area contributed by atoms with E-state index in [2.05, 4.69) is 5.10 Å². The Kier molecular flexibility index (Phi) is 3.13. The number of non-ortho nitro benzene ring substituents is 1. The van der Waals surface area contributed by atoms with Gasteiger partial charge in [-0.2, -0.15) is 5.10 Å². The van der Waals surface area contributed by atoms with Crippen molar-refractivity contribution in [3.63, 3.8) is 0 Å². The van der Waals surface area contributed by atoms with Gasteiger partial charge in [0.1, 0.15) is 10.7 Å². The van der Waals surface area contributed by atoms with Gasteiger partial charge in [-0.25, -0.2) is 9.48 Å². The fraction of sp³-hybridized carbons (Fsp3) is 0.231. The largest absolute Gasteiger partial charge is 0.478 e.